The molecule has 208 valence electrons. The van der Waals surface area contributed by atoms with Gasteiger partial charge in [0.1, 0.15) is 6.04 Å². The van der Waals surface area contributed by atoms with Crippen LogP contribution in [0.5, 0.6) is 5.88 Å². The Morgan fingerprint density at radius 2 is 2.08 bits per heavy atom. The molecular weight excluding hydrogens is 537 g/mol. The topological polar surface area (TPSA) is 120 Å². The maximum Gasteiger partial charge on any atom is 0.429 e. The molecule has 1 aliphatic carbocycles. The van der Waals surface area contributed by atoms with Crippen LogP contribution in [-0.4, -0.2) is 53.0 Å². The Bertz CT molecular complexity index is 1330. The van der Waals surface area contributed by atoms with Crippen molar-refractivity contribution >= 4 is 34.7 Å². The second-order valence-corrected chi connectivity index (χ2v) is 10.6. The predicted octanol–water partition coefficient (Wildman–Crippen LogP) is 5.20. The quantitative estimate of drug-likeness (QED) is 0.438. The van der Waals surface area contributed by atoms with Gasteiger partial charge in [0.05, 0.1) is 18.9 Å². The highest BCUT2D eigenvalue weighted by Crippen LogP contribution is 2.45. The number of carboxylic acid groups (broad SMARTS) is 1. The number of aromatic nitrogens is 2. The van der Waals surface area contributed by atoms with Gasteiger partial charge in [-0.15, -0.1) is 0 Å². The van der Waals surface area contributed by atoms with Crippen molar-refractivity contribution < 1.29 is 32.5 Å². The molecule has 1 fully saturated rings. The zero-order valence-corrected chi connectivity index (χ0v) is 21.7. The van der Waals surface area contributed by atoms with E-state index in [9.17, 15) is 23.1 Å². The van der Waals surface area contributed by atoms with Gasteiger partial charge in [0.2, 0.25) is 17.9 Å². The highest BCUT2D eigenvalue weighted by Gasteiger charge is 2.45. The molecule has 1 saturated heterocycles. The van der Waals surface area contributed by atoms with Crippen molar-refractivity contribution in [2.75, 3.05) is 25.5 Å². The Morgan fingerprint density at radius 3 is 2.72 bits per heavy atom. The molecule has 3 atom stereocenters. The standard InChI is InChI=1S/C27H28ClF3N4O4/c28-17-3-4-18(19(10-17)16-2-1-9-38-13-16)23(27(29,30)31)39-22-11-20(34-25(32)35-22)15-5-7-26(8-6-15)12-21(24(36)37)33-14-26/h2-5,10-11,21,23,33H,1,6-9,12-14H2,(H,36,37)(H2,32,34,35)/t21-,23-,26-/m1/s1. The van der Waals surface area contributed by atoms with Gasteiger partial charge in [0.25, 0.3) is 0 Å². The van der Waals surface area contributed by atoms with Gasteiger partial charge in [-0.05, 0) is 66.4 Å². The molecule has 0 radical (unpaired) electrons. The van der Waals surface area contributed by atoms with Crippen LogP contribution in [0.4, 0.5) is 19.1 Å². The Hall–Kier alpha value is -3.15. The summed E-state index contributed by atoms with van der Waals surface area (Å²) in [6.07, 6.45) is -0.313. The van der Waals surface area contributed by atoms with Crippen LogP contribution >= 0.6 is 11.6 Å². The van der Waals surface area contributed by atoms with E-state index in [0.29, 0.717) is 67.1 Å². The number of anilines is 1. The van der Waals surface area contributed by atoms with Crippen LogP contribution in [0.15, 0.2) is 36.4 Å². The summed E-state index contributed by atoms with van der Waals surface area (Å²) in [5, 5.41) is 12.7. The summed E-state index contributed by atoms with van der Waals surface area (Å²) in [6, 6.07) is 4.96. The number of nitrogen functional groups attached to an aromatic ring is 1. The Morgan fingerprint density at radius 1 is 1.26 bits per heavy atom. The van der Waals surface area contributed by atoms with Crippen molar-refractivity contribution in [1.82, 2.24) is 15.3 Å². The lowest BCUT2D eigenvalue weighted by Crippen LogP contribution is -2.30. The summed E-state index contributed by atoms with van der Waals surface area (Å²) >= 11 is 6.14. The number of alkyl halides is 3. The van der Waals surface area contributed by atoms with Crippen LogP contribution in [0.25, 0.3) is 11.1 Å². The Labute approximate surface area is 228 Å². The fourth-order valence-electron chi connectivity index (χ4n) is 5.49. The van der Waals surface area contributed by atoms with E-state index >= 15 is 0 Å². The molecular formula is C27H28ClF3N4O4. The van der Waals surface area contributed by atoms with E-state index in [1.54, 1.807) is 0 Å². The smallest absolute Gasteiger partial charge is 0.429 e. The first-order valence-electron chi connectivity index (χ1n) is 12.6. The normalized spacial score (nSPS) is 24.3. The minimum absolute atomic E-state index is 0.108. The molecule has 0 bridgehead atoms. The van der Waals surface area contributed by atoms with Crippen molar-refractivity contribution in [2.24, 2.45) is 5.41 Å². The molecule has 5 rings (SSSR count). The molecule has 2 aromatic rings. The third-order valence-corrected chi connectivity index (χ3v) is 7.74. The fourth-order valence-corrected chi connectivity index (χ4v) is 5.66. The molecule has 0 amide bonds. The van der Waals surface area contributed by atoms with E-state index in [-0.39, 0.29) is 29.4 Å². The van der Waals surface area contributed by atoms with Crippen LogP contribution in [0.3, 0.4) is 0 Å². The van der Waals surface area contributed by atoms with Gasteiger partial charge in [0.15, 0.2) is 0 Å². The van der Waals surface area contributed by atoms with E-state index in [0.717, 1.165) is 5.57 Å². The van der Waals surface area contributed by atoms with Crippen LogP contribution in [0.1, 0.15) is 55.0 Å². The first-order chi connectivity index (χ1) is 18.5. The number of allylic oxidation sites excluding steroid dienone is 2. The van der Waals surface area contributed by atoms with Crippen LogP contribution in [0.2, 0.25) is 5.02 Å². The third-order valence-electron chi connectivity index (χ3n) is 7.50. The number of nitrogens with zero attached hydrogens (tertiary/aromatic N) is 2. The number of hydrogen-bond donors (Lipinski definition) is 3. The number of carbonyl (C=O) groups is 1. The largest absolute Gasteiger partial charge is 0.480 e. The first kappa shape index (κ1) is 27.4. The highest BCUT2D eigenvalue weighted by atomic mass is 35.5. The van der Waals surface area contributed by atoms with Crippen LogP contribution in [-0.2, 0) is 9.53 Å². The summed E-state index contributed by atoms with van der Waals surface area (Å²) in [4.78, 5) is 19.5. The SMILES string of the molecule is Nc1nc(O[C@H](c2ccc(Cl)cc2C2=CCCOC2)C(F)(F)F)cc(C2=CC[C@]3(CC2)CN[C@@H](C(=O)O)C3)n1. The number of nitrogens with one attached hydrogen (secondary N) is 1. The Balaban J connectivity index is 1.43. The van der Waals surface area contributed by atoms with E-state index in [4.69, 9.17) is 26.8 Å². The molecule has 2 aliphatic heterocycles. The average molecular weight is 565 g/mol. The fraction of sp³-hybridized carbons (Fsp3) is 0.444. The molecule has 1 aromatic heterocycles. The minimum Gasteiger partial charge on any atom is -0.480 e. The zero-order chi connectivity index (χ0) is 27.8. The molecule has 12 heteroatoms. The second-order valence-electron chi connectivity index (χ2n) is 10.2. The number of ether oxygens (including phenoxy) is 2. The third kappa shape index (κ3) is 6.05. The summed E-state index contributed by atoms with van der Waals surface area (Å²) in [7, 11) is 0. The van der Waals surface area contributed by atoms with E-state index < -0.39 is 24.3 Å². The molecule has 39 heavy (non-hydrogen) atoms. The van der Waals surface area contributed by atoms with E-state index in [2.05, 4.69) is 15.3 Å². The van der Waals surface area contributed by atoms with Crippen molar-refractivity contribution in [2.45, 2.75) is 50.4 Å². The van der Waals surface area contributed by atoms with Gasteiger partial charge < -0.3 is 25.6 Å². The highest BCUT2D eigenvalue weighted by molar-refractivity contribution is 6.30. The molecule has 3 heterocycles. The number of benzene rings is 1. The molecule has 3 aliphatic rings. The molecule has 8 nitrogen and oxygen atoms in total. The van der Waals surface area contributed by atoms with Crippen molar-refractivity contribution in [3.05, 3.63) is 58.3 Å². The monoisotopic (exact) mass is 564 g/mol. The Kier molecular flexibility index (Phi) is 7.58. The van der Waals surface area contributed by atoms with Gasteiger partial charge in [0, 0.05) is 23.2 Å². The van der Waals surface area contributed by atoms with E-state index in [1.807, 2.05) is 12.2 Å². The van der Waals surface area contributed by atoms with Gasteiger partial charge in [-0.1, -0.05) is 29.8 Å². The summed E-state index contributed by atoms with van der Waals surface area (Å²) in [5.41, 5.74) is 7.71. The molecule has 4 N–H and O–H groups in total. The van der Waals surface area contributed by atoms with Crippen LogP contribution in [0, 0.1) is 5.41 Å². The zero-order valence-electron chi connectivity index (χ0n) is 20.9. The number of hydrogen-bond acceptors (Lipinski definition) is 7. The number of carboxylic acids is 1. The molecule has 1 spiro atoms. The van der Waals surface area contributed by atoms with Crippen molar-refractivity contribution in [3.8, 4) is 5.88 Å². The maximum absolute atomic E-state index is 14.4. The molecule has 1 aromatic carbocycles. The number of aliphatic carboxylic acids is 1. The molecule has 0 unspecified atom stereocenters. The first-order valence-corrected chi connectivity index (χ1v) is 13.0. The van der Waals surface area contributed by atoms with Gasteiger partial charge in [-0.2, -0.15) is 18.2 Å². The predicted molar refractivity (Wildman–Crippen MR) is 139 cm³/mol. The number of halogens is 4. The van der Waals surface area contributed by atoms with Gasteiger partial charge in [-0.25, -0.2) is 4.98 Å². The maximum atomic E-state index is 14.4. The second kappa shape index (κ2) is 10.8. The summed E-state index contributed by atoms with van der Waals surface area (Å²) in [5.74, 6) is -1.38. The number of rotatable bonds is 6. The van der Waals surface area contributed by atoms with Crippen LogP contribution < -0.4 is 15.8 Å². The van der Waals surface area contributed by atoms with Gasteiger partial charge in [-0.3, -0.25) is 4.79 Å². The summed E-state index contributed by atoms with van der Waals surface area (Å²) in [6.45, 7) is 1.25. The minimum atomic E-state index is -4.77. The lowest BCUT2D eigenvalue weighted by Gasteiger charge is -2.32. The summed E-state index contributed by atoms with van der Waals surface area (Å²) < 4.78 is 54.2. The van der Waals surface area contributed by atoms with E-state index in [1.165, 1.54) is 24.3 Å². The van der Waals surface area contributed by atoms with Gasteiger partial charge >= 0.3 is 12.1 Å². The number of nitrogens with two attached hydrogens (primary N) is 1. The average Bonchev–Trinajstić information content (AvgIpc) is 3.31. The lowest BCUT2D eigenvalue weighted by atomic mass is 9.73. The molecule has 0 saturated carbocycles. The van der Waals surface area contributed by atoms with Crippen molar-refractivity contribution in [3.63, 3.8) is 0 Å². The lowest BCUT2D eigenvalue weighted by molar-refractivity contribution is -0.198. The van der Waals surface area contributed by atoms with Crippen molar-refractivity contribution in [1.29, 1.82) is 0 Å².